The lowest BCUT2D eigenvalue weighted by Crippen LogP contribution is -2.37. The summed E-state index contributed by atoms with van der Waals surface area (Å²) in [4.78, 5) is 12.6. The van der Waals surface area contributed by atoms with Crippen molar-refractivity contribution in [2.24, 2.45) is 0 Å². The van der Waals surface area contributed by atoms with Crippen molar-refractivity contribution >= 4 is 15.9 Å². The summed E-state index contributed by atoms with van der Waals surface area (Å²) < 4.78 is 36.9. The van der Waals surface area contributed by atoms with Crippen LogP contribution in [0.25, 0.3) is 0 Å². The van der Waals surface area contributed by atoms with Crippen LogP contribution in [0.2, 0.25) is 0 Å². The first kappa shape index (κ1) is 20.0. The van der Waals surface area contributed by atoms with Gasteiger partial charge in [0.1, 0.15) is 5.69 Å². The molecule has 146 valence electrons. The molecule has 0 aliphatic heterocycles. The van der Waals surface area contributed by atoms with Crippen molar-refractivity contribution in [1.29, 1.82) is 0 Å². The summed E-state index contributed by atoms with van der Waals surface area (Å²) in [5.74, 6) is 7.04. The molecule has 0 unspecified atom stereocenters. The van der Waals surface area contributed by atoms with Gasteiger partial charge in [-0.1, -0.05) is 35.2 Å². The van der Waals surface area contributed by atoms with Crippen molar-refractivity contribution in [3.63, 3.8) is 0 Å². The largest absolute Gasteiger partial charge is 0.443 e. The SMILES string of the molecule is C#CCN(C(=O)c1ccc(C#Cc2ccccc2)o1)S(=O)(=O)c1c(C)noc1C. The molecule has 0 aliphatic carbocycles. The molecule has 0 saturated heterocycles. The first-order valence-corrected chi connectivity index (χ1v) is 9.89. The molecule has 0 radical (unpaired) electrons. The maximum Gasteiger partial charge on any atom is 0.304 e. The predicted molar refractivity (Wildman–Crippen MR) is 104 cm³/mol. The van der Waals surface area contributed by atoms with Gasteiger partial charge in [0.15, 0.2) is 22.2 Å². The molecule has 1 aromatic carbocycles. The number of nitrogens with zero attached hydrogens (tertiary/aromatic N) is 2. The maximum atomic E-state index is 13.0. The van der Waals surface area contributed by atoms with Crippen molar-refractivity contribution < 1.29 is 22.2 Å². The second-order valence-corrected chi connectivity index (χ2v) is 7.75. The molecule has 7 nitrogen and oxygen atoms in total. The average molecular weight is 408 g/mol. The average Bonchev–Trinajstić information content (AvgIpc) is 3.31. The Morgan fingerprint density at radius 3 is 2.48 bits per heavy atom. The van der Waals surface area contributed by atoms with E-state index in [1.807, 2.05) is 30.3 Å². The van der Waals surface area contributed by atoms with Gasteiger partial charge in [0.25, 0.3) is 10.0 Å². The highest BCUT2D eigenvalue weighted by molar-refractivity contribution is 7.89. The van der Waals surface area contributed by atoms with E-state index in [1.165, 1.54) is 26.0 Å². The molecular formula is C21H16N2O5S. The summed E-state index contributed by atoms with van der Waals surface area (Å²) in [6.45, 7) is 2.43. The van der Waals surface area contributed by atoms with Gasteiger partial charge in [0.05, 0.1) is 6.54 Å². The van der Waals surface area contributed by atoms with Gasteiger partial charge in [-0.25, -0.2) is 12.7 Å². The minimum Gasteiger partial charge on any atom is -0.443 e. The number of sulfonamides is 1. The first-order valence-electron chi connectivity index (χ1n) is 8.45. The van der Waals surface area contributed by atoms with Gasteiger partial charge >= 0.3 is 5.91 Å². The Morgan fingerprint density at radius 2 is 1.86 bits per heavy atom. The quantitative estimate of drug-likeness (QED) is 0.616. The topological polar surface area (TPSA) is 93.6 Å². The molecule has 2 heterocycles. The van der Waals surface area contributed by atoms with Gasteiger partial charge in [0.2, 0.25) is 0 Å². The van der Waals surface area contributed by atoms with E-state index in [1.54, 1.807) is 0 Å². The van der Waals surface area contributed by atoms with Crippen LogP contribution in [0.5, 0.6) is 0 Å². The summed E-state index contributed by atoms with van der Waals surface area (Å²) in [5.41, 5.74) is 0.901. The minimum atomic E-state index is -4.29. The Morgan fingerprint density at radius 1 is 1.14 bits per heavy atom. The molecular weight excluding hydrogens is 392 g/mol. The normalized spacial score (nSPS) is 10.7. The lowest BCUT2D eigenvalue weighted by molar-refractivity contribution is 0.0842. The molecule has 29 heavy (non-hydrogen) atoms. The van der Waals surface area contributed by atoms with E-state index in [2.05, 4.69) is 22.9 Å². The van der Waals surface area contributed by atoms with Crippen LogP contribution in [0.3, 0.4) is 0 Å². The van der Waals surface area contributed by atoms with Crippen LogP contribution in [-0.2, 0) is 10.0 Å². The summed E-state index contributed by atoms with van der Waals surface area (Å²) in [6, 6.07) is 12.0. The third-order valence-electron chi connectivity index (χ3n) is 3.90. The van der Waals surface area contributed by atoms with Crippen LogP contribution in [0.1, 0.15) is 33.3 Å². The Labute approximate surface area is 168 Å². The molecule has 8 heteroatoms. The maximum absolute atomic E-state index is 13.0. The number of hydrogen-bond donors (Lipinski definition) is 0. The van der Waals surface area contributed by atoms with Crippen LogP contribution in [0, 0.1) is 38.0 Å². The second kappa shape index (κ2) is 8.09. The molecule has 0 atom stereocenters. The zero-order valence-electron chi connectivity index (χ0n) is 15.7. The van der Waals surface area contributed by atoms with E-state index < -0.39 is 22.5 Å². The number of amides is 1. The molecule has 0 bridgehead atoms. The number of benzene rings is 1. The number of aromatic nitrogens is 1. The number of terminal acetylenes is 1. The monoisotopic (exact) mass is 408 g/mol. The molecule has 0 aliphatic rings. The number of hydrogen-bond acceptors (Lipinski definition) is 6. The molecule has 0 saturated carbocycles. The highest BCUT2D eigenvalue weighted by Crippen LogP contribution is 2.25. The van der Waals surface area contributed by atoms with Gasteiger partial charge in [-0.15, -0.1) is 6.42 Å². The summed E-state index contributed by atoms with van der Waals surface area (Å²) >= 11 is 0. The Kier molecular flexibility index (Phi) is 5.58. The third-order valence-corrected chi connectivity index (χ3v) is 5.87. The fourth-order valence-electron chi connectivity index (χ4n) is 2.60. The highest BCUT2D eigenvalue weighted by Gasteiger charge is 2.35. The van der Waals surface area contributed by atoms with E-state index in [9.17, 15) is 13.2 Å². The molecule has 0 N–H and O–H groups in total. The van der Waals surface area contributed by atoms with Crippen LogP contribution in [-0.4, -0.2) is 30.3 Å². The van der Waals surface area contributed by atoms with E-state index in [0.29, 0.717) is 4.31 Å². The predicted octanol–water partition coefficient (Wildman–Crippen LogP) is 2.75. The fraction of sp³-hybridized carbons (Fsp3) is 0.143. The molecule has 0 spiro atoms. The number of carbonyl (C=O) groups is 1. The lowest BCUT2D eigenvalue weighted by atomic mass is 10.2. The standard InChI is InChI=1S/C21H16N2O5S/c1-4-14-23(29(25,26)20-15(2)22-28-16(20)3)21(24)19-13-12-18(27-19)11-10-17-8-6-5-7-9-17/h1,5-9,12-13H,14H2,2-3H3. The highest BCUT2D eigenvalue weighted by atomic mass is 32.2. The van der Waals surface area contributed by atoms with Gasteiger partial charge < -0.3 is 8.94 Å². The van der Waals surface area contributed by atoms with Crippen molar-refractivity contribution in [2.75, 3.05) is 6.54 Å². The Bertz CT molecular complexity index is 1230. The van der Waals surface area contributed by atoms with Gasteiger partial charge in [-0.2, -0.15) is 0 Å². The molecule has 0 fully saturated rings. The Hall–Kier alpha value is -3.75. The fourth-order valence-corrected chi connectivity index (χ4v) is 4.18. The number of carbonyl (C=O) groups excluding carboxylic acids is 1. The van der Waals surface area contributed by atoms with Crippen molar-refractivity contribution in [3.05, 3.63) is 71.0 Å². The molecule has 3 aromatic rings. The third kappa shape index (κ3) is 4.08. The van der Waals surface area contributed by atoms with Gasteiger partial charge in [-0.3, -0.25) is 4.79 Å². The van der Waals surface area contributed by atoms with E-state index >= 15 is 0 Å². The lowest BCUT2D eigenvalue weighted by Gasteiger charge is -2.18. The van der Waals surface area contributed by atoms with E-state index in [4.69, 9.17) is 15.4 Å². The molecule has 1 amide bonds. The van der Waals surface area contributed by atoms with E-state index in [-0.39, 0.29) is 27.9 Å². The number of furan rings is 1. The van der Waals surface area contributed by atoms with E-state index in [0.717, 1.165) is 5.56 Å². The minimum absolute atomic E-state index is 0.0613. The van der Waals surface area contributed by atoms with Crippen molar-refractivity contribution in [2.45, 2.75) is 18.7 Å². The molecule has 3 rings (SSSR count). The summed E-state index contributed by atoms with van der Waals surface area (Å²) in [5, 5.41) is 3.63. The molecule has 2 aromatic heterocycles. The van der Waals surface area contributed by atoms with Crippen LogP contribution >= 0.6 is 0 Å². The number of rotatable bonds is 4. The summed E-state index contributed by atoms with van der Waals surface area (Å²) in [7, 11) is -4.29. The zero-order valence-corrected chi connectivity index (χ0v) is 16.5. The van der Waals surface area contributed by atoms with Crippen LogP contribution in [0.4, 0.5) is 0 Å². The summed E-state index contributed by atoms with van der Waals surface area (Å²) in [6.07, 6.45) is 5.29. The second-order valence-electron chi connectivity index (χ2n) is 5.95. The van der Waals surface area contributed by atoms with Crippen molar-refractivity contribution in [3.8, 4) is 24.2 Å². The van der Waals surface area contributed by atoms with Crippen LogP contribution in [0.15, 0.2) is 56.3 Å². The van der Waals surface area contributed by atoms with Gasteiger partial charge in [0, 0.05) is 5.56 Å². The van der Waals surface area contributed by atoms with Crippen molar-refractivity contribution in [1.82, 2.24) is 9.46 Å². The Balaban J connectivity index is 1.92. The first-order chi connectivity index (χ1) is 13.8. The number of aryl methyl sites for hydroxylation is 2. The smallest absolute Gasteiger partial charge is 0.304 e. The van der Waals surface area contributed by atoms with Gasteiger partial charge in [-0.05, 0) is 44.0 Å². The van der Waals surface area contributed by atoms with Crippen LogP contribution < -0.4 is 0 Å². The zero-order chi connectivity index (χ0) is 21.0.